The van der Waals surface area contributed by atoms with Gasteiger partial charge >= 0.3 is 0 Å². The zero-order valence-corrected chi connectivity index (χ0v) is 16.0. The third kappa shape index (κ3) is 5.49. The van der Waals surface area contributed by atoms with E-state index in [1.807, 2.05) is 0 Å². The van der Waals surface area contributed by atoms with Crippen LogP contribution in [-0.2, 0) is 19.6 Å². The second kappa shape index (κ2) is 8.73. The number of morpholine rings is 1. The molecule has 0 bridgehead atoms. The molecule has 0 aromatic heterocycles. The topological polar surface area (TPSA) is 76.2 Å². The van der Waals surface area contributed by atoms with Gasteiger partial charge < -0.3 is 14.4 Å². The lowest BCUT2D eigenvalue weighted by atomic mass is 10.2. The molecule has 1 aliphatic rings. The van der Waals surface area contributed by atoms with E-state index in [4.69, 9.17) is 21.1 Å². The number of carbonyl (C=O) groups is 1. The van der Waals surface area contributed by atoms with Crippen LogP contribution < -0.4 is 9.04 Å². The highest BCUT2D eigenvalue weighted by Crippen LogP contribution is 2.30. The van der Waals surface area contributed by atoms with Gasteiger partial charge in [0.05, 0.1) is 37.3 Å². The van der Waals surface area contributed by atoms with Gasteiger partial charge in [0.1, 0.15) is 5.75 Å². The molecule has 25 heavy (non-hydrogen) atoms. The maximum Gasteiger partial charge on any atom is 0.232 e. The van der Waals surface area contributed by atoms with Gasteiger partial charge in [-0.25, -0.2) is 8.42 Å². The van der Waals surface area contributed by atoms with Crippen LogP contribution in [0.1, 0.15) is 12.8 Å². The van der Waals surface area contributed by atoms with E-state index >= 15 is 0 Å². The minimum Gasteiger partial charge on any atom is -0.495 e. The Morgan fingerprint density at radius 1 is 1.36 bits per heavy atom. The Labute approximate surface area is 153 Å². The summed E-state index contributed by atoms with van der Waals surface area (Å²) < 4.78 is 35.8. The third-order valence-corrected chi connectivity index (χ3v) is 5.43. The van der Waals surface area contributed by atoms with E-state index in [0.717, 1.165) is 6.26 Å². The van der Waals surface area contributed by atoms with Crippen molar-refractivity contribution in [3.63, 3.8) is 0 Å². The zero-order valence-electron chi connectivity index (χ0n) is 14.4. The summed E-state index contributed by atoms with van der Waals surface area (Å²) in [7, 11) is -2.00. The summed E-state index contributed by atoms with van der Waals surface area (Å²) in [6.45, 7) is 2.47. The molecule has 1 aromatic carbocycles. The lowest BCUT2D eigenvalue weighted by molar-refractivity contribution is -0.135. The van der Waals surface area contributed by atoms with Crippen molar-refractivity contribution >= 4 is 33.2 Å². The average molecular weight is 391 g/mol. The van der Waals surface area contributed by atoms with Crippen molar-refractivity contribution < 1.29 is 22.7 Å². The van der Waals surface area contributed by atoms with Crippen molar-refractivity contribution in [3.05, 3.63) is 23.2 Å². The number of amides is 1. The molecule has 0 spiro atoms. The molecular weight excluding hydrogens is 368 g/mol. The molecule has 0 saturated carbocycles. The number of hydrogen-bond acceptors (Lipinski definition) is 5. The van der Waals surface area contributed by atoms with Crippen LogP contribution in [0.5, 0.6) is 5.75 Å². The molecule has 0 N–H and O–H groups in total. The first kappa shape index (κ1) is 19.8. The molecule has 1 aromatic rings. The number of hydrogen-bond donors (Lipinski definition) is 0. The minimum absolute atomic E-state index is 0.0181. The van der Waals surface area contributed by atoms with E-state index in [-0.39, 0.29) is 18.9 Å². The van der Waals surface area contributed by atoms with E-state index in [1.165, 1.54) is 11.4 Å². The largest absolute Gasteiger partial charge is 0.495 e. The Balaban J connectivity index is 2.01. The first-order valence-electron chi connectivity index (χ1n) is 7.99. The molecule has 0 aliphatic carbocycles. The third-order valence-electron chi connectivity index (χ3n) is 3.94. The van der Waals surface area contributed by atoms with Crippen molar-refractivity contribution in [1.29, 1.82) is 0 Å². The molecule has 2 rings (SSSR count). The number of rotatable bonds is 7. The second-order valence-corrected chi connectivity index (χ2v) is 8.06. The summed E-state index contributed by atoms with van der Waals surface area (Å²) >= 11 is 6.09. The number of benzene rings is 1. The number of nitrogens with zero attached hydrogens (tertiary/aromatic N) is 2. The highest BCUT2D eigenvalue weighted by atomic mass is 35.5. The van der Waals surface area contributed by atoms with Gasteiger partial charge in [0.2, 0.25) is 15.9 Å². The van der Waals surface area contributed by atoms with Crippen molar-refractivity contribution in [2.24, 2.45) is 0 Å². The smallest absolute Gasteiger partial charge is 0.232 e. The molecule has 0 atom stereocenters. The molecule has 0 unspecified atom stereocenters. The number of anilines is 1. The number of sulfonamides is 1. The SMILES string of the molecule is COc1ccc(N(CCCC(=O)N2CCOCC2)S(C)(=O)=O)cc1Cl. The van der Waals surface area contributed by atoms with Gasteiger partial charge in [0.25, 0.3) is 0 Å². The van der Waals surface area contributed by atoms with E-state index < -0.39 is 10.0 Å². The van der Waals surface area contributed by atoms with Crippen molar-refractivity contribution in [2.75, 3.05) is 50.5 Å². The molecular formula is C16H23ClN2O5S. The predicted molar refractivity (Wildman–Crippen MR) is 96.8 cm³/mol. The molecule has 1 saturated heterocycles. The Morgan fingerprint density at radius 3 is 2.60 bits per heavy atom. The fourth-order valence-corrected chi connectivity index (χ4v) is 3.85. The van der Waals surface area contributed by atoms with Crippen LogP contribution in [0.3, 0.4) is 0 Å². The Bertz CT molecular complexity index is 704. The fraction of sp³-hybridized carbons (Fsp3) is 0.562. The van der Waals surface area contributed by atoms with E-state index in [0.29, 0.717) is 49.2 Å². The fourth-order valence-electron chi connectivity index (χ4n) is 2.64. The zero-order chi connectivity index (χ0) is 18.4. The Hall–Kier alpha value is -1.51. The van der Waals surface area contributed by atoms with Crippen LogP contribution in [0.15, 0.2) is 18.2 Å². The van der Waals surface area contributed by atoms with Gasteiger partial charge in [-0.2, -0.15) is 0 Å². The first-order chi connectivity index (χ1) is 11.8. The highest BCUT2D eigenvalue weighted by molar-refractivity contribution is 7.92. The minimum atomic E-state index is -3.49. The van der Waals surface area contributed by atoms with Gasteiger partial charge in [-0.15, -0.1) is 0 Å². The number of halogens is 1. The number of carbonyl (C=O) groups excluding carboxylic acids is 1. The quantitative estimate of drug-likeness (QED) is 0.709. The molecule has 7 nitrogen and oxygen atoms in total. The summed E-state index contributed by atoms with van der Waals surface area (Å²) in [5, 5.41) is 0.332. The maximum absolute atomic E-state index is 12.2. The van der Waals surface area contributed by atoms with Crippen LogP contribution in [0.4, 0.5) is 5.69 Å². The summed E-state index contributed by atoms with van der Waals surface area (Å²) in [5.74, 6) is 0.492. The van der Waals surface area contributed by atoms with Crippen molar-refractivity contribution in [1.82, 2.24) is 4.90 Å². The molecule has 9 heteroatoms. The monoisotopic (exact) mass is 390 g/mol. The number of methoxy groups -OCH3 is 1. The average Bonchev–Trinajstić information content (AvgIpc) is 2.58. The Morgan fingerprint density at radius 2 is 2.04 bits per heavy atom. The summed E-state index contributed by atoms with van der Waals surface area (Å²) in [5.41, 5.74) is 0.451. The van der Waals surface area contributed by atoms with Crippen LogP contribution >= 0.6 is 11.6 Å². The lowest BCUT2D eigenvalue weighted by Crippen LogP contribution is -2.41. The van der Waals surface area contributed by atoms with Gasteiger partial charge in [-0.1, -0.05) is 11.6 Å². The van der Waals surface area contributed by atoms with Crippen molar-refractivity contribution in [2.45, 2.75) is 12.8 Å². The summed E-state index contributed by atoms with van der Waals surface area (Å²) in [4.78, 5) is 13.9. The van der Waals surface area contributed by atoms with Crippen LogP contribution in [-0.4, -0.2) is 65.4 Å². The van der Waals surface area contributed by atoms with E-state index in [2.05, 4.69) is 0 Å². The predicted octanol–water partition coefficient (Wildman–Crippen LogP) is 1.75. The molecule has 1 fully saturated rings. The van der Waals surface area contributed by atoms with Crippen LogP contribution in [0.2, 0.25) is 5.02 Å². The first-order valence-corrected chi connectivity index (χ1v) is 10.2. The van der Waals surface area contributed by atoms with Crippen LogP contribution in [0, 0.1) is 0 Å². The Kier molecular flexibility index (Phi) is 6.92. The molecule has 140 valence electrons. The molecule has 1 aliphatic heterocycles. The highest BCUT2D eigenvalue weighted by Gasteiger charge is 2.21. The van der Waals surface area contributed by atoms with Gasteiger partial charge in [-0.3, -0.25) is 9.10 Å². The second-order valence-electron chi connectivity index (χ2n) is 5.75. The molecule has 0 radical (unpaired) electrons. The maximum atomic E-state index is 12.2. The summed E-state index contributed by atoms with van der Waals surface area (Å²) in [6.07, 6.45) is 1.84. The standard InChI is InChI=1S/C16H23ClN2O5S/c1-23-15-6-5-13(12-14(15)17)19(25(2,21)22)7-3-4-16(20)18-8-10-24-11-9-18/h5-6,12H,3-4,7-11H2,1-2H3. The van der Waals surface area contributed by atoms with E-state index in [1.54, 1.807) is 23.1 Å². The lowest BCUT2D eigenvalue weighted by Gasteiger charge is -2.27. The van der Waals surface area contributed by atoms with Crippen molar-refractivity contribution in [3.8, 4) is 5.75 Å². The normalized spacial score (nSPS) is 15.1. The van der Waals surface area contributed by atoms with Crippen LogP contribution in [0.25, 0.3) is 0 Å². The van der Waals surface area contributed by atoms with E-state index in [9.17, 15) is 13.2 Å². The number of ether oxygens (including phenoxy) is 2. The molecule has 1 heterocycles. The van der Waals surface area contributed by atoms with Gasteiger partial charge in [-0.05, 0) is 24.6 Å². The van der Waals surface area contributed by atoms with Gasteiger partial charge in [0, 0.05) is 26.1 Å². The van der Waals surface area contributed by atoms with Gasteiger partial charge in [0.15, 0.2) is 0 Å². The summed E-state index contributed by atoms with van der Waals surface area (Å²) in [6, 6.07) is 4.80. The molecule has 1 amide bonds.